The number of pyridine rings is 1. The fraction of sp³-hybridized carbons (Fsp3) is 0.350. The van der Waals surface area contributed by atoms with Crippen molar-refractivity contribution in [2.24, 2.45) is 0 Å². The summed E-state index contributed by atoms with van der Waals surface area (Å²) in [6.45, 7) is 5.20. The molecule has 7 heteroatoms. The highest BCUT2D eigenvalue weighted by molar-refractivity contribution is 5.90. The van der Waals surface area contributed by atoms with Crippen molar-refractivity contribution in [1.82, 2.24) is 9.88 Å². The van der Waals surface area contributed by atoms with Crippen LogP contribution >= 0.6 is 0 Å². The molecule has 0 radical (unpaired) electrons. The molecule has 0 fully saturated rings. The molecule has 2 rings (SSSR count). The van der Waals surface area contributed by atoms with Crippen molar-refractivity contribution >= 4 is 17.5 Å². The maximum absolute atomic E-state index is 13.0. The average molecular weight is 373 g/mol. The molecule has 2 aromatic rings. The maximum Gasteiger partial charge on any atom is 0.274 e. The van der Waals surface area contributed by atoms with Crippen molar-refractivity contribution in [2.75, 3.05) is 5.32 Å². The van der Waals surface area contributed by atoms with Crippen LogP contribution in [0.3, 0.4) is 0 Å². The molecule has 2 amide bonds. The van der Waals surface area contributed by atoms with E-state index in [0.29, 0.717) is 18.5 Å². The number of benzene rings is 1. The summed E-state index contributed by atoms with van der Waals surface area (Å²) in [5.41, 5.74) is 1.09. The van der Waals surface area contributed by atoms with Crippen LogP contribution in [0.4, 0.5) is 10.1 Å². The van der Waals surface area contributed by atoms with Gasteiger partial charge in [-0.05, 0) is 50.1 Å². The summed E-state index contributed by atoms with van der Waals surface area (Å²) in [5.74, 6) is -0.935. The van der Waals surface area contributed by atoms with E-state index in [0.717, 1.165) is 5.56 Å². The summed E-state index contributed by atoms with van der Waals surface area (Å²) in [5, 5.41) is 5.38. The third kappa shape index (κ3) is 5.51. The fourth-order valence-corrected chi connectivity index (χ4v) is 2.67. The highest BCUT2D eigenvalue weighted by atomic mass is 19.1. The smallest absolute Gasteiger partial charge is 0.274 e. The molecule has 1 aromatic heterocycles. The van der Waals surface area contributed by atoms with E-state index in [1.54, 1.807) is 38.1 Å². The Morgan fingerprint density at radius 3 is 2.41 bits per heavy atom. The van der Waals surface area contributed by atoms with Gasteiger partial charge in [0.05, 0.1) is 6.04 Å². The Labute approximate surface area is 157 Å². The van der Waals surface area contributed by atoms with E-state index in [2.05, 4.69) is 10.6 Å². The molecule has 1 heterocycles. The van der Waals surface area contributed by atoms with Gasteiger partial charge < -0.3 is 15.2 Å². The monoisotopic (exact) mass is 373 g/mol. The van der Waals surface area contributed by atoms with Crippen LogP contribution in [-0.2, 0) is 16.1 Å². The molecule has 0 aliphatic carbocycles. The van der Waals surface area contributed by atoms with Crippen molar-refractivity contribution in [3.8, 4) is 0 Å². The van der Waals surface area contributed by atoms with E-state index in [4.69, 9.17) is 0 Å². The van der Waals surface area contributed by atoms with E-state index in [9.17, 15) is 18.8 Å². The Hall–Kier alpha value is -2.96. The number of rotatable bonds is 7. The Morgan fingerprint density at radius 2 is 1.78 bits per heavy atom. The van der Waals surface area contributed by atoms with E-state index < -0.39 is 5.56 Å². The summed E-state index contributed by atoms with van der Waals surface area (Å²) in [4.78, 5) is 36.7. The lowest BCUT2D eigenvalue weighted by molar-refractivity contribution is -0.122. The molecular formula is C20H24FN3O3. The first-order valence-electron chi connectivity index (χ1n) is 8.87. The highest BCUT2D eigenvalue weighted by Gasteiger charge is 2.14. The first-order valence-corrected chi connectivity index (χ1v) is 8.87. The zero-order chi connectivity index (χ0) is 20.0. The fourth-order valence-electron chi connectivity index (χ4n) is 2.67. The van der Waals surface area contributed by atoms with Crippen LogP contribution in [0.5, 0.6) is 0 Å². The van der Waals surface area contributed by atoms with Crippen LogP contribution in [0.2, 0.25) is 0 Å². The first-order chi connectivity index (χ1) is 12.8. The Bertz CT molecular complexity index is 875. The van der Waals surface area contributed by atoms with Gasteiger partial charge in [-0.2, -0.15) is 0 Å². The molecule has 0 saturated carbocycles. The summed E-state index contributed by atoms with van der Waals surface area (Å²) in [6.07, 6.45) is 0.999. The van der Waals surface area contributed by atoms with Crippen molar-refractivity contribution in [1.29, 1.82) is 0 Å². The zero-order valence-corrected chi connectivity index (χ0v) is 15.7. The van der Waals surface area contributed by atoms with Crippen LogP contribution in [0.15, 0.2) is 41.2 Å². The molecule has 0 bridgehead atoms. The second-order valence-electron chi connectivity index (χ2n) is 6.42. The topological polar surface area (TPSA) is 80.2 Å². The SMILES string of the molecule is CCCC(=O)Nc1ccc(C)n(CC(=O)NC(C)c2ccc(F)cc2)c1=O. The van der Waals surface area contributed by atoms with Gasteiger partial charge in [-0.25, -0.2) is 4.39 Å². The second kappa shape index (κ2) is 9.12. The van der Waals surface area contributed by atoms with Crippen LogP contribution in [0.25, 0.3) is 0 Å². The number of carbonyl (C=O) groups is 2. The summed E-state index contributed by atoms with van der Waals surface area (Å²) in [6, 6.07) is 8.75. The van der Waals surface area contributed by atoms with Gasteiger partial charge >= 0.3 is 0 Å². The maximum atomic E-state index is 13.0. The number of aromatic nitrogens is 1. The number of anilines is 1. The van der Waals surface area contributed by atoms with Crippen molar-refractivity contribution < 1.29 is 14.0 Å². The molecule has 1 atom stereocenters. The summed E-state index contributed by atoms with van der Waals surface area (Å²) in [7, 11) is 0. The van der Waals surface area contributed by atoms with Crippen LogP contribution < -0.4 is 16.2 Å². The van der Waals surface area contributed by atoms with Gasteiger partial charge in [0.15, 0.2) is 0 Å². The van der Waals surface area contributed by atoms with Crippen molar-refractivity contribution in [2.45, 2.75) is 46.2 Å². The molecule has 0 aliphatic heterocycles. The lowest BCUT2D eigenvalue weighted by Gasteiger charge is -2.16. The van der Waals surface area contributed by atoms with Crippen LogP contribution in [0.1, 0.15) is 44.0 Å². The molecule has 144 valence electrons. The molecule has 0 saturated heterocycles. The van der Waals surface area contributed by atoms with Crippen molar-refractivity contribution in [3.63, 3.8) is 0 Å². The molecule has 0 spiro atoms. The number of amides is 2. The van der Waals surface area contributed by atoms with E-state index >= 15 is 0 Å². The largest absolute Gasteiger partial charge is 0.348 e. The molecular weight excluding hydrogens is 349 g/mol. The standard InChI is InChI=1S/C20H24FN3O3/c1-4-5-18(25)23-17-11-6-13(2)24(20(17)27)12-19(26)22-14(3)15-7-9-16(21)10-8-15/h6-11,14H,4-5,12H2,1-3H3,(H,22,26)(H,23,25). The number of nitrogens with one attached hydrogen (secondary N) is 2. The van der Waals surface area contributed by atoms with E-state index in [1.165, 1.54) is 16.7 Å². The molecule has 1 aromatic carbocycles. The lowest BCUT2D eigenvalue weighted by Crippen LogP contribution is -2.35. The predicted molar refractivity (Wildman–Crippen MR) is 102 cm³/mol. The molecule has 6 nitrogen and oxygen atoms in total. The van der Waals surface area contributed by atoms with Crippen molar-refractivity contribution in [3.05, 3.63) is 63.8 Å². The van der Waals surface area contributed by atoms with Gasteiger partial charge in [-0.15, -0.1) is 0 Å². The average Bonchev–Trinajstić information content (AvgIpc) is 2.62. The molecule has 1 unspecified atom stereocenters. The van der Waals surface area contributed by atoms with Gasteiger partial charge in [-0.1, -0.05) is 19.1 Å². The zero-order valence-electron chi connectivity index (χ0n) is 15.7. The summed E-state index contributed by atoms with van der Waals surface area (Å²) < 4.78 is 14.3. The molecule has 2 N–H and O–H groups in total. The van der Waals surface area contributed by atoms with Gasteiger partial charge in [0.2, 0.25) is 11.8 Å². The lowest BCUT2D eigenvalue weighted by atomic mass is 10.1. The van der Waals surface area contributed by atoms with Crippen LogP contribution in [0, 0.1) is 12.7 Å². The predicted octanol–water partition coefficient (Wildman–Crippen LogP) is 2.91. The quantitative estimate of drug-likeness (QED) is 0.783. The number of halogens is 1. The van der Waals surface area contributed by atoms with Gasteiger partial charge in [0, 0.05) is 12.1 Å². The van der Waals surface area contributed by atoms with E-state index in [1.807, 2.05) is 6.92 Å². The highest BCUT2D eigenvalue weighted by Crippen LogP contribution is 2.13. The number of nitrogens with zero attached hydrogens (tertiary/aromatic N) is 1. The molecule has 27 heavy (non-hydrogen) atoms. The minimum atomic E-state index is -0.427. The number of hydrogen-bond donors (Lipinski definition) is 2. The number of aryl methyl sites for hydroxylation is 1. The normalized spacial score (nSPS) is 11.7. The van der Waals surface area contributed by atoms with Crippen LogP contribution in [-0.4, -0.2) is 16.4 Å². The Morgan fingerprint density at radius 1 is 1.11 bits per heavy atom. The van der Waals surface area contributed by atoms with Gasteiger partial charge in [-0.3, -0.25) is 14.4 Å². The first kappa shape index (κ1) is 20.4. The number of hydrogen-bond acceptors (Lipinski definition) is 3. The summed E-state index contributed by atoms with van der Waals surface area (Å²) >= 11 is 0. The Kier molecular flexibility index (Phi) is 6.87. The second-order valence-corrected chi connectivity index (χ2v) is 6.42. The minimum absolute atomic E-state index is 0.151. The third-order valence-electron chi connectivity index (χ3n) is 4.19. The Balaban J connectivity index is 2.11. The van der Waals surface area contributed by atoms with Gasteiger partial charge in [0.25, 0.3) is 5.56 Å². The van der Waals surface area contributed by atoms with E-state index in [-0.39, 0.29) is 35.9 Å². The molecule has 0 aliphatic rings. The minimum Gasteiger partial charge on any atom is -0.348 e. The number of carbonyl (C=O) groups excluding carboxylic acids is 2. The third-order valence-corrected chi connectivity index (χ3v) is 4.19. The van der Waals surface area contributed by atoms with Gasteiger partial charge in [0.1, 0.15) is 18.0 Å².